The van der Waals surface area contributed by atoms with E-state index in [0.717, 1.165) is 0 Å². The number of anilines is 1. The molecule has 0 aliphatic carbocycles. The van der Waals surface area contributed by atoms with Gasteiger partial charge >= 0.3 is 0 Å². The van der Waals surface area contributed by atoms with Crippen LogP contribution in [0.1, 0.15) is 17.3 Å². The van der Waals surface area contributed by atoms with E-state index in [1.807, 2.05) is 6.92 Å². The van der Waals surface area contributed by atoms with Crippen LogP contribution >= 0.6 is 23.8 Å². The molecule has 0 fully saturated rings. The minimum atomic E-state index is -0.536. The monoisotopic (exact) mass is 430 g/mol. The summed E-state index contributed by atoms with van der Waals surface area (Å²) >= 11 is 11.3. The normalized spacial score (nSPS) is 10.4. The van der Waals surface area contributed by atoms with Gasteiger partial charge in [-0.05, 0) is 55.5 Å². The molecule has 1 amide bonds. The van der Waals surface area contributed by atoms with Crippen molar-refractivity contribution in [3.05, 3.63) is 69.4 Å². The summed E-state index contributed by atoms with van der Waals surface area (Å²) in [5, 5.41) is 17.3. The summed E-state index contributed by atoms with van der Waals surface area (Å²) in [7, 11) is 0. The van der Waals surface area contributed by atoms with Gasteiger partial charge in [-0.15, -0.1) is 0 Å². The maximum atomic E-state index is 12.5. The number of ether oxygens (including phenoxy) is 1. The van der Waals surface area contributed by atoms with Crippen molar-refractivity contribution in [1.82, 2.24) is 10.3 Å². The van der Waals surface area contributed by atoms with E-state index < -0.39 is 10.8 Å². The molecule has 8 nitrogen and oxygen atoms in total. The van der Waals surface area contributed by atoms with Crippen LogP contribution in [0.4, 0.5) is 11.4 Å². The Kier molecular flexibility index (Phi) is 6.20. The summed E-state index contributed by atoms with van der Waals surface area (Å²) in [6.07, 6.45) is 1.58. The van der Waals surface area contributed by atoms with Crippen molar-refractivity contribution in [2.75, 3.05) is 11.9 Å². The molecule has 0 spiro atoms. The topological polar surface area (TPSA) is 106 Å². The third-order valence-electron chi connectivity index (χ3n) is 3.92. The second-order valence-corrected chi connectivity index (χ2v) is 6.59. The predicted octanol–water partition coefficient (Wildman–Crippen LogP) is 4.32. The summed E-state index contributed by atoms with van der Waals surface area (Å²) in [5.74, 6) is -0.0567. The smallest absolute Gasteiger partial charge is 0.293 e. The zero-order valence-electron chi connectivity index (χ0n) is 15.1. The van der Waals surface area contributed by atoms with Crippen LogP contribution in [0.2, 0.25) is 5.02 Å². The number of pyridine rings is 1. The number of carbonyl (C=O) groups excluding carboxylic acids is 1. The zero-order valence-corrected chi connectivity index (χ0v) is 16.7. The van der Waals surface area contributed by atoms with Crippen molar-refractivity contribution in [3.63, 3.8) is 0 Å². The molecule has 1 aromatic heterocycles. The molecule has 0 saturated heterocycles. The van der Waals surface area contributed by atoms with E-state index in [1.54, 1.807) is 36.5 Å². The number of nitrogens with zero attached hydrogens (tertiary/aromatic N) is 2. The molecule has 0 radical (unpaired) electrons. The fourth-order valence-corrected chi connectivity index (χ4v) is 3.09. The minimum absolute atomic E-state index is 0.0977. The molecule has 29 heavy (non-hydrogen) atoms. The molecule has 3 aromatic rings. The maximum absolute atomic E-state index is 12.5. The number of fused-ring (bicyclic) bond motifs is 1. The number of benzene rings is 2. The fraction of sp³-hybridized carbons (Fsp3) is 0.105. The number of amides is 1. The van der Waals surface area contributed by atoms with Crippen molar-refractivity contribution in [2.24, 2.45) is 0 Å². The molecular formula is C19H15ClN4O4S. The second-order valence-electron chi connectivity index (χ2n) is 5.77. The number of aromatic nitrogens is 1. The Labute approximate surface area is 176 Å². The highest BCUT2D eigenvalue weighted by Crippen LogP contribution is 2.32. The number of nitro groups is 1. The van der Waals surface area contributed by atoms with Crippen LogP contribution in [0.25, 0.3) is 10.9 Å². The van der Waals surface area contributed by atoms with E-state index in [9.17, 15) is 14.9 Å². The highest BCUT2D eigenvalue weighted by atomic mass is 35.5. The second kappa shape index (κ2) is 8.80. The first-order valence-electron chi connectivity index (χ1n) is 8.47. The van der Waals surface area contributed by atoms with E-state index in [4.69, 9.17) is 28.6 Å². The molecule has 10 heteroatoms. The summed E-state index contributed by atoms with van der Waals surface area (Å²) in [6.45, 7) is 2.26. The summed E-state index contributed by atoms with van der Waals surface area (Å²) in [6, 6.07) is 10.8. The molecule has 0 saturated carbocycles. The highest BCUT2D eigenvalue weighted by molar-refractivity contribution is 7.80. The Bertz CT molecular complexity index is 1120. The SMILES string of the molecule is CCOc1ccc(C(=O)NC(=S)Nc2c([N+](=O)[O-])ccc3ncccc23)cc1Cl. The Morgan fingerprint density at radius 2 is 2.10 bits per heavy atom. The lowest BCUT2D eigenvalue weighted by Crippen LogP contribution is -2.34. The van der Waals surface area contributed by atoms with Crippen LogP contribution in [-0.2, 0) is 0 Å². The van der Waals surface area contributed by atoms with Gasteiger partial charge in [0, 0.05) is 23.2 Å². The van der Waals surface area contributed by atoms with Gasteiger partial charge in [0.15, 0.2) is 5.11 Å². The number of thiocarbonyl (C=S) groups is 1. The van der Waals surface area contributed by atoms with Gasteiger partial charge < -0.3 is 10.1 Å². The van der Waals surface area contributed by atoms with Gasteiger partial charge in [-0.2, -0.15) is 0 Å². The van der Waals surface area contributed by atoms with Crippen LogP contribution in [0.15, 0.2) is 48.7 Å². The van der Waals surface area contributed by atoms with Gasteiger partial charge in [-0.1, -0.05) is 11.6 Å². The van der Waals surface area contributed by atoms with Gasteiger partial charge in [0.1, 0.15) is 11.4 Å². The van der Waals surface area contributed by atoms with Crippen molar-refractivity contribution in [3.8, 4) is 5.75 Å². The van der Waals surface area contributed by atoms with Crippen LogP contribution < -0.4 is 15.4 Å². The minimum Gasteiger partial charge on any atom is -0.492 e. The van der Waals surface area contributed by atoms with Crippen molar-refractivity contribution in [1.29, 1.82) is 0 Å². The van der Waals surface area contributed by atoms with Crippen LogP contribution in [0.3, 0.4) is 0 Å². The Morgan fingerprint density at radius 1 is 1.31 bits per heavy atom. The Morgan fingerprint density at radius 3 is 2.79 bits per heavy atom. The predicted molar refractivity (Wildman–Crippen MR) is 115 cm³/mol. The maximum Gasteiger partial charge on any atom is 0.293 e. The molecule has 0 aliphatic rings. The van der Waals surface area contributed by atoms with Gasteiger partial charge in [-0.3, -0.25) is 25.2 Å². The molecule has 0 aliphatic heterocycles. The summed E-state index contributed by atoms with van der Waals surface area (Å²) in [4.78, 5) is 27.5. The number of nitrogens with one attached hydrogen (secondary N) is 2. The highest BCUT2D eigenvalue weighted by Gasteiger charge is 2.19. The van der Waals surface area contributed by atoms with E-state index >= 15 is 0 Å². The van der Waals surface area contributed by atoms with Gasteiger partial charge in [0.05, 0.1) is 22.1 Å². The molecule has 148 valence electrons. The van der Waals surface area contributed by atoms with Crippen LogP contribution in [0, 0.1) is 10.1 Å². The fourth-order valence-electron chi connectivity index (χ4n) is 2.66. The van der Waals surface area contributed by atoms with Crippen molar-refractivity contribution < 1.29 is 14.5 Å². The Hall–Kier alpha value is -3.30. The summed E-state index contributed by atoms with van der Waals surface area (Å²) in [5.41, 5.74) is 0.770. The van der Waals surface area contributed by atoms with Crippen LogP contribution in [-0.4, -0.2) is 27.5 Å². The lowest BCUT2D eigenvalue weighted by atomic mass is 10.1. The van der Waals surface area contributed by atoms with Crippen molar-refractivity contribution in [2.45, 2.75) is 6.92 Å². The molecular weight excluding hydrogens is 416 g/mol. The van der Waals surface area contributed by atoms with Gasteiger partial charge in [0.2, 0.25) is 0 Å². The molecule has 3 rings (SSSR count). The van der Waals surface area contributed by atoms with E-state index in [1.165, 1.54) is 12.1 Å². The van der Waals surface area contributed by atoms with Gasteiger partial charge in [-0.25, -0.2) is 0 Å². The van der Waals surface area contributed by atoms with E-state index in [-0.39, 0.29) is 27.1 Å². The van der Waals surface area contributed by atoms with E-state index in [0.29, 0.717) is 23.3 Å². The molecule has 0 unspecified atom stereocenters. The van der Waals surface area contributed by atoms with Gasteiger partial charge in [0.25, 0.3) is 11.6 Å². The lowest BCUT2D eigenvalue weighted by molar-refractivity contribution is -0.383. The largest absolute Gasteiger partial charge is 0.492 e. The van der Waals surface area contributed by atoms with Crippen LogP contribution in [0.5, 0.6) is 5.75 Å². The first kappa shape index (κ1) is 20.4. The van der Waals surface area contributed by atoms with Crippen molar-refractivity contribution >= 4 is 57.1 Å². The number of nitro benzene ring substituents is 1. The summed E-state index contributed by atoms with van der Waals surface area (Å²) < 4.78 is 5.34. The average molecular weight is 431 g/mol. The molecule has 1 heterocycles. The molecule has 2 aromatic carbocycles. The lowest BCUT2D eigenvalue weighted by Gasteiger charge is -2.12. The number of rotatable bonds is 5. The number of halogens is 1. The number of hydrogen-bond acceptors (Lipinski definition) is 6. The molecule has 0 atom stereocenters. The first-order valence-corrected chi connectivity index (χ1v) is 9.26. The average Bonchev–Trinajstić information content (AvgIpc) is 2.69. The number of carbonyl (C=O) groups is 1. The zero-order chi connectivity index (χ0) is 21.0. The quantitative estimate of drug-likeness (QED) is 0.352. The molecule has 2 N–H and O–H groups in total. The third kappa shape index (κ3) is 4.58. The standard InChI is InChI=1S/C19H15ClN4O4S/c1-2-28-16-8-5-11(10-13(16)20)18(25)23-19(29)22-17-12-4-3-9-21-14(12)6-7-15(17)24(26)27/h3-10H,2H2,1H3,(H2,22,23,25,29). The van der Waals surface area contributed by atoms with E-state index in [2.05, 4.69) is 15.6 Å². The Balaban J connectivity index is 1.82. The third-order valence-corrected chi connectivity index (χ3v) is 4.42. The first-order chi connectivity index (χ1) is 13.9. The molecule has 0 bridgehead atoms. The number of hydrogen-bond donors (Lipinski definition) is 2.